The Labute approximate surface area is 87.7 Å². The molecule has 0 saturated carbocycles. The maximum absolute atomic E-state index is 5.68. The Balaban J connectivity index is 3.28. The lowest BCUT2D eigenvalue weighted by molar-refractivity contribution is 1.41. The van der Waals surface area contributed by atoms with Gasteiger partial charge in [-0.05, 0) is 69.8 Å². The summed E-state index contributed by atoms with van der Waals surface area (Å²) in [6.45, 7) is 2.09. The highest BCUT2D eigenvalue weighted by atomic mass is 127. The first-order chi connectivity index (χ1) is 4.61. The molecule has 0 amide bonds. The van der Waals surface area contributed by atoms with Crippen LogP contribution in [0.2, 0.25) is 0 Å². The third-order valence-corrected chi connectivity index (χ3v) is 3.37. The molecule has 1 nitrogen and oxygen atoms in total. The van der Waals surface area contributed by atoms with Crippen LogP contribution >= 0.6 is 45.2 Å². The van der Waals surface area contributed by atoms with Gasteiger partial charge in [0.2, 0.25) is 0 Å². The minimum atomic E-state index is 0.871. The molecule has 1 aromatic rings. The molecule has 0 aliphatic heterocycles. The van der Waals surface area contributed by atoms with Gasteiger partial charge >= 0.3 is 0 Å². The molecule has 0 aliphatic rings. The fourth-order valence-corrected chi connectivity index (χ4v) is 1.78. The predicted octanol–water partition coefficient (Wildman–Crippen LogP) is 2.79. The minimum Gasteiger partial charge on any atom is -0.398 e. The SMILES string of the molecule is Cc1cc(I)c(N)cc1I. The molecule has 1 aromatic carbocycles. The van der Waals surface area contributed by atoms with Crippen molar-refractivity contribution in [2.24, 2.45) is 0 Å². The number of halogens is 2. The van der Waals surface area contributed by atoms with Crippen LogP contribution in [0.3, 0.4) is 0 Å². The van der Waals surface area contributed by atoms with Gasteiger partial charge in [-0.25, -0.2) is 0 Å². The van der Waals surface area contributed by atoms with Gasteiger partial charge in [0.05, 0.1) is 0 Å². The van der Waals surface area contributed by atoms with Gasteiger partial charge in [0, 0.05) is 12.8 Å². The fraction of sp³-hybridized carbons (Fsp3) is 0.143. The highest BCUT2D eigenvalue weighted by Gasteiger charge is 1.98. The highest BCUT2D eigenvalue weighted by molar-refractivity contribution is 14.1. The fourth-order valence-electron chi connectivity index (χ4n) is 0.662. The van der Waals surface area contributed by atoms with E-state index < -0.39 is 0 Å². The average Bonchev–Trinajstić information content (AvgIpc) is 1.84. The van der Waals surface area contributed by atoms with Crippen LogP contribution in [0.5, 0.6) is 0 Å². The van der Waals surface area contributed by atoms with Gasteiger partial charge in [0.15, 0.2) is 0 Å². The highest BCUT2D eigenvalue weighted by Crippen LogP contribution is 2.21. The third kappa shape index (κ3) is 1.75. The normalized spacial score (nSPS) is 9.90. The summed E-state index contributed by atoms with van der Waals surface area (Å²) in [6, 6.07) is 4.09. The molecular formula is C7H7I2N. The van der Waals surface area contributed by atoms with Crippen LogP contribution in [-0.4, -0.2) is 0 Å². The monoisotopic (exact) mass is 359 g/mol. The molecular weight excluding hydrogens is 352 g/mol. The second-order valence-electron chi connectivity index (χ2n) is 2.12. The summed E-state index contributed by atoms with van der Waals surface area (Å²) in [5.74, 6) is 0. The molecule has 0 aromatic heterocycles. The zero-order chi connectivity index (χ0) is 7.72. The Hall–Kier alpha value is 0.480. The van der Waals surface area contributed by atoms with Crippen LogP contribution in [0.25, 0.3) is 0 Å². The minimum absolute atomic E-state index is 0.871. The van der Waals surface area contributed by atoms with E-state index in [1.165, 1.54) is 9.13 Å². The summed E-state index contributed by atoms with van der Waals surface area (Å²) in [6.07, 6.45) is 0. The van der Waals surface area contributed by atoms with Crippen molar-refractivity contribution in [3.8, 4) is 0 Å². The van der Waals surface area contributed by atoms with Crippen LogP contribution in [0.1, 0.15) is 5.56 Å². The Morgan fingerprint density at radius 3 is 2.30 bits per heavy atom. The molecule has 1 rings (SSSR count). The van der Waals surface area contributed by atoms with Crippen molar-refractivity contribution < 1.29 is 0 Å². The molecule has 0 unspecified atom stereocenters. The van der Waals surface area contributed by atoms with Crippen molar-refractivity contribution in [2.75, 3.05) is 5.73 Å². The first kappa shape index (κ1) is 8.58. The molecule has 0 heterocycles. The summed E-state index contributed by atoms with van der Waals surface area (Å²) < 4.78 is 2.37. The van der Waals surface area contributed by atoms with Gasteiger partial charge in [-0.2, -0.15) is 0 Å². The Bertz CT molecular complexity index is 208. The number of rotatable bonds is 0. The van der Waals surface area contributed by atoms with Crippen LogP contribution in [0.15, 0.2) is 12.1 Å². The van der Waals surface area contributed by atoms with Crippen molar-refractivity contribution in [1.82, 2.24) is 0 Å². The summed E-state index contributed by atoms with van der Waals surface area (Å²) in [5, 5.41) is 0. The molecule has 2 N–H and O–H groups in total. The van der Waals surface area contributed by atoms with Crippen molar-refractivity contribution in [3.63, 3.8) is 0 Å². The van der Waals surface area contributed by atoms with E-state index >= 15 is 0 Å². The van der Waals surface area contributed by atoms with Crippen molar-refractivity contribution in [3.05, 3.63) is 24.8 Å². The van der Waals surface area contributed by atoms with E-state index in [1.54, 1.807) is 0 Å². The smallest absolute Gasteiger partial charge is 0.0460 e. The van der Waals surface area contributed by atoms with E-state index in [-0.39, 0.29) is 0 Å². The molecule has 0 radical (unpaired) electrons. The second kappa shape index (κ2) is 3.25. The molecule has 0 saturated heterocycles. The van der Waals surface area contributed by atoms with Crippen LogP contribution in [0, 0.1) is 14.1 Å². The Morgan fingerprint density at radius 2 is 1.80 bits per heavy atom. The zero-order valence-corrected chi connectivity index (χ0v) is 9.80. The number of benzene rings is 1. The van der Waals surface area contributed by atoms with Gasteiger partial charge in [-0.15, -0.1) is 0 Å². The van der Waals surface area contributed by atoms with E-state index in [0.29, 0.717) is 0 Å². The molecule has 10 heavy (non-hydrogen) atoms. The van der Waals surface area contributed by atoms with Gasteiger partial charge in [0.1, 0.15) is 0 Å². The first-order valence-corrected chi connectivity index (χ1v) is 4.98. The van der Waals surface area contributed by atoms with Crippen molar-refractivity contribution in [2.45, 2.75) is 6.92 Å². The number of anilines is 1. The zero-order valence-electron chi connectivity index (χ0n) is 5.49. The summed E-state index contributed by atoms with van der Waals surface area (Å²) in [7, 11) is 0. The Kier molecular flexibility index (Phi) is 2.79. The Morgan fingerprint density at radius 1 is 1.20 bits per heavy atom. The topological polar surface area (TPSA) is 26.0 Å². The quantitative estimate of drug-likeness (QED) is 0.560. The van der Waals surface area contributed by atoms with E-state index in [9.17, 15) is 0 Å². The third-order valence-electron chi connectivity index (χ3n) is 1.28. The standard InChI is InChI=1S/C7H7I2N/c1-4-2-6(9)7(10)3-5(4)8/h2-3H,10H2,1H3. The first-order valence-electron chi connectivity index (χ1n) is 2.82. The number of aryl methyl sites for hydroxylation is 1. The van der Waals surface area contributed by atoms with E-state index in [4.69, 9.17) is 5.73 Å². The lowest BCUT2D eigenvalue weighted by atomic mass is 10.2. The van der Waals surface area contributed by atoms with Gasteiger partial charge < -0.3 is 5.73 Å². The molecule has 54 valence electrons. The van der Waals surface area contributed by atoms with E-state index in [2.05, 4.69) is 58.2 Å². The van der Waals surface area contributed by atoms with E-state index in [1.807, 2.05) is 6.07 Å². The lowest BCUT2D eigenvalue weighted by Gasteiger charge is -2.01. The second-order valence-corrected chi connectivity index (χ2v) is 4.45. The molecule has 3 heteroatoms. The molecule has 0 atom stereocenters. The molecule has 0 fully saturated rings. The molecule has 0 aliphatic carbocycles. The largest absolute Gasteiger partial charge is 0.398 e. The number of nitrogens with two attached hydrogens (primary N) is 1. The summed E-state index contributed by atoms with van der Waals surface area (Å²) >= 11 is 4.52. The summed E-state index contributed by atoms with van der Waals surface area (Å²) in [5.41, 5.74) is 7.84. The number of hydrogen-bond acceptors (Lipinski definition) is 1. The predicted molar refractivity (Wildman–Crippen MR) is 61.0 cm³/mol. The van der Waals surface area contributed by atoms with Crippen LogP contribution in [0.4, 0.5) is 5.69 Å². The lowest BCUT2D eigenvalue weighted by Crippen LogP contribution is -1.91. The van der Waals surface area contributed by atoms with E-state index in [0.717, 1.165) is 9.26 Å². The van der Waals surface area contributed by atoms with Crippen LogP contribution < -0.4 is 5.73 Å². The van der Waals surface area contributed by atoms with Crippen molar-refractivity contribution in [1.29, 1.82) is 0 Å². The van der Waals surface area contributed by atoms with Crippen molar-refractivity contribution >= 4 is 50.9 Å². The maximum Gasteiger partial charge on any atom is 0.0460 e. The maximum atomic E-state index is 5.68. The summed E-state index contributed by atoms with van der Waals surface area (Å²) in [4.78, 5) is 0. The number of hydrogen-bond donors (Lipinski definition) is 1. The average molecular weight is 359 g/mol. The van der Waals surface area contributed by atoms with Crippen LogP contribution in [-0.2, 0) is 0 Å². The van der Waals surface area contributed by atoms with Gasteiger partial charge in [-0.1, -0.05) is 0 Å². The van der Waals surface area contributed by atoms with Gasteiger partial charge in [0.25, 0.3) is 0 Å². The van der Waals surface area contributed by atoms with Gasteiger partial charge in [-0.3, -0.25) is 0 Å². The molecule has 0 bridgehead atoms. The number of nitrogen functional groups attached to an aromatic ring is 1. The molecule has 0 spiro atoms.